The van der Waals surface area contributed by atoms with Crippen molar-refractivity contribution in [3.63, 3.8) is 0 Å². The molecular weight excluding hydrogens is 287 g/mol. The van der Waals surface area contributed by atoms with E-state index in [4.69, 9.17) is 5.73 Å². The molecular formula is C15H13FN4S. The van der Waals surface area contributed by atoms with Crippen molar-refractivity contribution < 1.29 is 4.39 Å². The van der Waals surface area contributed by atoms with Gasteiger partial charge in [0.15, 0.2) is 5.13 Å². The number of nitrogen functional groups attached to an aromatic ring is 1. The highest BCUT2D eigenvalue weighted by Crippen LogP contribution is 2.32. The molecule has 0 radical (unpaired) electrons. The molecule has 0 aliphatic heterocycles. The number of para-hydroxylation sites is 1. The van der Waals surface area contributed by atoms with E-state index in [-0.39, 0.29) is 5.82 Å². The van der Waals surface area contributed by atoms with Gasteiger partial charge in [-0.25, -0.2) is 14.4 Å². The van der Waals surface area contributed by atoms with Crippen LogP contribution in [0.4, 0.5) is 21.0 Å². The molecule has 2 aromatic heterocycles. The average molecular weight is 300 g/mol. The van der Waals surface area contributed by atoms with Crippen molar-refractivity contribution >= 4 is 28.0 Å². The molecule has 0 saturated heterocycles. The minimum Gasteiger partial charge on any atom is -0.375 e. The fourth-order valence-electron chi connectivity index (χ4n) is 2.03. The Kier molecular flexibility index (Phi) is 3.53. The second-order valence-corrected chi connectivity index (χ2v) is 5.53. The number of hydrogen-bond donors (Lipinski definition) is 2. The number of aryl methyl sites for hydroxylation is 1. The summed E-state index contributed by atoms with van der Waals surface area (Å²) in [6.07, 6.45) is 1.67. The lowest BCUT2D eigenvalue weighted by Gasteiger charge is -2.07. The molecule has 106 valence electrons. The first-order chi connectivity index (χ1) is 10.1. The smallest absolute Gasteiger partial charge is 0.180 e. The second-order valence-electron chi connectivity index (χ2n) is 4.50. The largest absolute Gasteiger partial charge is 0.375 e. The summed E-state index contributed by atoms with van der Waals surface area (Å²) in [5.74, 6) is 0.256. The third-order valence-corrected chi connectivity index (χ3v) is 4.01. The molecule has 0 unspecified atom stereocenters. The molecule has 0 amide bonds. The van der Waals surface area contributed by atoms with E-state index in [1.54, 1.807) is 24.4 Å². The van der Waals surface area contributed by atoms with Crippen molar-refractivity contribution in [1.29, 1.82) is 0 Å². The monoisotopic (exact) mass is 300 g/mol. The number of rotatable bonds is 3. The summed E-state index contributed by atoms with van der Waals surface area (Å²) in [6, 6.07) is 10.2. The van der Waals surface area contributed by atoms with Crippen LogP contribution < -0.4 is 11.1 Å². The van der Waals surface area contributed by atoms with Crippen LogP contribution in [0.3, 0.4) is 0 Å². The van der Waals surface area contributed by atoms with Gasteiger partial charge in [-0.15, -0.1) is 0 Å². The van der Waals surface area contributed by atoms with Crippen molar-refractivity contribution in [2.24, 2.45) is 0 Å². The molecule has 1 aromatic carbocycles. The predicted octanol–water partition coefficient (Wildman–Crippen LogP) is 3.98. The first-order valence-corrected chi connectivity index (χ1v) is 7.16. The summed E-state index contributed by atoms with van der Waals surface area (Å²) in [5, 5.41) is 3.51. The van der Waals surface area contributed by atoms with Gasteiger partial charge in [0.1, 0.15) is 11.6 Å². The number of hydrogen-bond acceptors (Lipinski definition) is 5. The summed E-state index contributed by atoms with van der Waals surface area (Å²) in [6.45, 7) is 1.91. The molecule has 0 aliphatic rings. The topological polar surface area (TPSA) is 63.8 Å². The SMILES string of the molecule is Cc1nc(N)sc1-c1ccnc(Nc2ccccc2F)c1. The number of nitrogens with two attached hydrogens (primary N) is 1. The van der Waals surface area contributed by atoms with E-state index in [1.165, 1.54) is 17.4 Å². The second kappa shape index (κ2) is 5.49. The van der Waals surface area contributed by atoms with Crippen LogP contribution in [-0.4, -0.2) is 9.97 Å². The Morgan fingerprint density at radius 3 is 2.76 bits per heavy atom. The van der Waals surface area contributed by atoms with E-state index in [1.807, 2.05) is 19.1 Å². The van der Waals surface area contributed by atoms with Crippen molar-refractivity contribution in [3.05, 3.63) is 54.1 Å². The highest BCUT2D eigenvalue weighted by atomic mass is 32.1. The van der Waals surface area contributed by atoms with Crippen molar-refractivity contribution in [3.8, 4) is 10.4 Å². The Morgan fingerprint density at radius 2 is 2.05 bits per heavy atom. The number of anilines is 3. The number of pyridine rings is 1. The molecule has 0 bridgehead atoms. The van der Waals surface area contributed by atoms with Gasteiger partial charge in [-0.05, 0) is 36.8 Å². The Bertz CT molecular complexity index is 785. The highest BCUT2D eigenvalue weighted by Gasteiger charge is 2.09. The van der Waals surface area contributed by atoms with Crippen LogP contribution in [-0.2, 0) is 0 Å². The summed E-state index contributed by atoms with van der Waals surface area (Å²) in [5.41, 5.74) is 7.95. The molecule has 3 aromatic rings. The van der Waals surface area contributed by atoms with Crippen LogP contribution in [0.1, 0.15) is 5.69 Å². The maximum absolute atomic E-state index is 13.7. The van der Waals surface area contributed by atoms with Gasteiger partial charge >= 0.3 is 0 Å². The fourth-order valence-corrected chi connectivity index (χ4v) is 2.86. The number of halogens is 1. The van der Waals surface area contributed by atoms with Gasteiger partial charge in [-0.3, -0.25) is 0 Å². The number of benzene rings is 1. The minimum absolute atomic E-state index is 0.317. The molecule has 4 nitrogen and oxygen atoms in total. The van der Waals surface area contributed by atoms with Crippen LogP contribution in [0, 0.1) is 12.7 Å². The molecule has 3 N–H and O–H groups in total. The van der Waals surface area contributed by atoms with Crippen molar-refractivity contribution in [2.75, 3.05) is 11.1 Å². The van der Waals surface area contributed by atoms with E-state index < -0.39 is 0 Å². The minimum atomic E-state index is -0.317. The molecule has 0 spiro atoms. The third kappa shape index (κ3) is 2.85. The predicted molar refractivity (Wildman–Crippen MR) is 84.2 cm³/mol. The number of nitrogens with one attached hydrogen (secondary N) is 1. The third-order valence-electron chi connectivity index (χ3n) is 2.97. The van der Waals surface area contributed by atoms with Gasteiger partial charge in [0.05, 0.1) is 16.3 Å². The number of thiazole rings is 1. The zero-order chi connectivity index (χ0) is 14.8. The van der Waals surface area contributed by atoms with E-state index in [0.29, 0.717) is 16.6 Å². The van der Waals surface area contributed by atoms with Gasteiger partial charge in [-0.1, -0.05) is 23.5 Å². The highest BCUT2D eigenvalue weighted by molar-refractivity contribution is 7.18. The van der Waals surface area contributed by atoms with E-state index >= 15 is 0 Å². The molecule has 0 aliphatic carbocycles. The molecule has 0 fully saturated rings. The molecule has 2 heterocycles. The van der Waals surface area contributed by atoms with E-state index in [0.717, 1.165) is 16.1 Å². The summed E-state index contributed by atoms with van der Waals surface area (Å²) in [4.78, 5) is 9.42. The molecule has 0 atom stereocenters. The van der Waals surface area contributed by atoms with Crippen molar-refractivity contribution in [2.45, 2.75) is 6.92 Å². The molecule has 21 heavy (non-hydrogen) atoms. The van der Waals surface area contributed by atoms with Gasteiger partial charge in [0.2, 0.25) is 0 Å². The Morgan fingerprint density at radius 1 is 1.24 bits per heavy atom. The van der Waals surface area contributed by atoms with Crippen LogP contribution in [0.25, 0.3) is 10.4 Å². The summed E-state index contributed by atoms with van der Waals surface area (Å²) < 4.78 is 13.7. The lowest BCUT2D eigenvalue weighted by Crippen LogP contribution is -1.96. The van der Waals surface area contributed by atoms with Crippen LogP contribution in [0.5, 0.6) is 0 Å². The Hall–Kier alpha value is -2.47. The normalized spacial score (nSPS) is 10.6. The summed E-state index contributed by atoms with van der Waals surface area (Å²) in [7, 11) is 0. The Labute approximate surface area is 125 Å². The fraction of sp³-hybridized carbons (Fsp3) is 0.0667. The molecule has 0 saturated carbocycles. The van der Waals surface area contributed by atoms with Gasteiger partial charge in [0, 0.05) is 6.20 Å². The van der Waals surface area contributed by atoms with E-state index in [9.17, 15) is 4.39 Å². The van der Waals surface area contributed by atoms with Gasteiger partial charge in [-0.2, -0.15) is 0 Å². The van der Waals surface area contributed by atoms with Crippen LogP contribution in [0.15, 0.2) is 42.6 Å². The maximum atomic E-state index is 13.7. The lowest BCUT2D eigenvalue weighted by molar-refractivity contribution is 0.632. The van der Waals surface area contributed by atoms with E-state index in [2.05, 4.69) is 15.3 Å². The first kappa shape index (κ1) is 13.5. The molecule has 3 rings (SSSR count). The lowest BCUT2D eigenvalue weighted by atomic mass is 10.2. The van der Waals surface area contributed by atoms with Crippen LogP contribution >= 0.6 is 11.3 Å². The van der Waals surface area contributed by atoms with Crippen molar-refractivity contribution in [1.82, 2.24) is 9.97 Å². The van der Waals surface area contributed by atoms with Gasteiger partial charge in [0.25, 0.3) is 0 Å². The summed E-state index contributed by atoms with van der Waals surface area (Å²) >= 11 is 1.42. The zero-order valence-electron chi connectivity index (χ0n) is 11.3. The van der Waals surface area contributed by atoms with Crippen LogP contribution in [0.2, 0.25) is 0 Å². The standard InChI is InChI=1S/C15H13FN4S/c1-9-14(21-15(17)19-9)10-6-7-18-13(8-10)20-12-5-3-2-4-11(12)16/h2-8H,1H3,(H2,17,19)(H,18,20). The number of aromatic nitrogens is 2. The quantitative estimate of drug-likeness (QED) is 0.768. The Balaban J connectivity index is 1.94. The maximum Gasteiger partial charge on any atom is 0.180 e. The molecule has 6 heteroatoms. The average Bonchev–Trinajstić information content (AvgIpc) is 2.81. The first-order valence-electron chi connectivity index (χ1n) is 6.34. The number of nitrogens with zero attached hydrogens (tertiary/aromatic N) is 2. The zero-order valence-corrected chi connectivity index (χ0v) is 12.1. The van der Waals surface area contributed by atoms with Gasteiger partial charge < -0.3 is 11.1 Å².